The number of methoxy groups -OCH3 is 1. The van der Waals surface area contributed by atoms with Gasteiger partial charge in [-0.1, -0.05) is 6.42 Å². The van der Waals surface area contributed by atoms with Crippen LogP contribution in [0.15, 0.2) is 6.07 Å². The summed E-state index contributed by atoms with van der Waals surface area (Å²) in [5.41, 5.74) is 0.139. The van der Waals surface area contributed by atoms with Gasteiger partial charge in [-0.15, -0.1) is 0 Å². The Bertz CT molecular complexity index is 417. The molecule has 0 aromatic heterocycles. The number of benzene rings is 1. The molecule has 1 aromatic carbocycles. The van der Waals surface area contributed by atoms with Crippen LogP contribution < -0.4 is 10.1 Å². The molecular weight excluding hydrogens is 231 g/mol. The summed E-state index contributed by atoms with van der Waals surface area (Å²) < 4.78 is 45.1. The molecule has 0 saturated carbocycles. The van der Waals surface area contributed by atoms with E-state index in [0.29, 0.717) is 6.42 Å². The van der Waals surface area contributed by atoms with Gasteiger partial charge >= 0.3 is 0 Å². The third kappa shape index (κ3) is 2.24. The van der Waals surface area contributed by atoms with E-state index in [2.05, 4.69) is 10.1 Å². The number of piperidine rings is 1. The topological polar surface area (TPSA) is 21.3 Å². The maximum absolute atomic E-state index is 13.9. The van der Waals surface area contributed by atoms with Crippen LogP contribution in [0.25, 0.3) is 0 Å². The van der Waals surface area contributed by atoms with Crippen LogP contribution in [0.3, 0.4) is 0 Å². The molecule has 5 heteroatoms. The Morgan fingerprint density at radius 1 is 1.24 bits per heavy atom. The third-order valence-electron chi connectivity index (χ3n) is 3.03. The van der Waals surface area contributed by atoms with Crippen LogP contribution in [-0.2, 0) is 0 Å². The molecule has 2 rings (SSSR count). The zero-order valence-electron chi connectivity index (χ0n) is 9.53. The monoisotopic (exact) mass is 245 g/mol. The van der Waals surface area contributed by atoms with Gasteiger partial charge in [-0.05, 0) is 25.5 Å². The van der Waals surface area contributed by atoms with E-state index in [-0.39, 0.29) is 11.6 Å². The second-order valence-corrected chi connectivity index (χ2v) is 4.11. The number of rotatable bonds is 2. The first-order chi connectivity index (χ1) is 8.15. The van der Waals surface area contributed by atoms with Crippen LogP contribution in [0, 0.1) is 17.5 Å². The molecule has 1 atom stereocenters. The van der Waals surface area contributed by atoms with E-state index in [0.717, 1.165) is 32.6 Å². The van der Waals surface area contributed by atoms with Crippen molar-refractivity contribution in [3.63, 3.8) is 0 Å². The zero-order chi connectivity index (χ0) is 12.4. The lowest BCUT2D eigenvalue weighted by Gasteiger charge is -2.24. The normalized spacial score (nSPS) is 20.4. The quantitative estimate of drug-likeness (QED) is 0.809. The van der Waals surface area contributed by atoms with Crippen molar-refractivity contribution in [3.05, 3.63) is 29.1 Å². The van der Waals surface area contributed by atoms with Crippen LogP contribution in [0.1, 0.15) is 30.9 Å². The van der Waals surface area contributed by atoms with Gasteiger partial charge in [-0.25, -0.2) is 8.78 Å². The van der Waals surface area contributed by atoms with Crippen molar-refractivity contribution < 1.29 is 17.9 Å². The summed E-state index contributed by atoms with van der Waals surface area (Å²) in [6, 6.07) is 0.642. The van der Waals surface area contributed by atoms with E-state index >= 15 is 0 Å². The van der Waals surface area contributed by atoms with Gasteiger partial charge in [0.25, 0.3) is 0 Å². The van der Waals surface area contributed by atoms with Crippen molar-refractivity contribution in [2.75, 3.05) is 13.7 Å². The van der Waals surface area contributed by atoms with Crippen molar-refractivity contribution >= 4 is 0 Å². The Hall–Kier alpha value is -1.23. The van der Waals surface area contributed by atoms with Gasteiger partial charge < -0.3 is 10.1 Å². The highest BCUT2D eigenvalue weighted by atomic mass is 19.2. The van der Waals surface area contributed by atoms with Gasteiger partial charge in [0.2, 0.25) is 5.82 Å². The lowest BCUT2D eigenvalue weighted by molar-refractivity contribution is 0.333. The molecule has 1 heterocycles. The fourth-order valence-electron chi connectivity index (χ4n) is 2.15. The molecule has 0 spiro atoms. The lowest BCUT2D eigenvalue weighted by atomic mass is 9.96. The highest BCUT2D eigenvalue weighted by molar-refractivity contribution is 5.35. The molecular formula is C12H14F3NO. The summed E-state index contributed by atoms with van der Waals surface area (Å²) in [5.74, 6) is -3.81. The van der Waals surface area contributed by atoms with Crippen molar-refractivity contribution in [3.8, 4) is 5.75 Å². The smallest absolute Gasteiger partial charge is 0.203 e. The van der Waals surface area contributed by atoms with E-state index in [1.54, 1.807) is 0 Å². The average Bonchev–Trinajstić information content (AvgIpc) is 2.36. The van der Waals surface area contributed by atoms with Crippen molar-refractivity contribution in [1.29, 1.82) is 0 Å². The van der Waals surface area contributed by atoms with E-state index in [1.807, 2.05) is 0 Å². The average molecular weight is 245 g/mol. The van der Waals surface area contributed by atoms with Crippen LogP contribution in [0.2, 0.25) is 0 Å². The summed E-state index contributed by atoms with van der Waals surface area (Å²) in [6.07, 6.45) is 2.67. The highest BCUT2D eigenvalue weighted by Gasteiger charge is 2.25. The van der Waals surface area contributed by atoms with E-state index in [9.17, 15) is 13.2 Å². The fourth-order valence-corrected chi connectivity index (χ4v) is 2.15. The van der Waals surface area contributed by atoms with E-state index < -0.39 is 23.2 Å². The Kier molecular flexibility index (Phi) is 3.57. The predicted octanol–water partition coefficient (Wildman–Crippen LogP) is 2.93. The Morgan fingerprint density at radius 3 is 2.59 bits per heavy atom. The Morgan fingerprint density at radius 2 is 2.00 bits per heavy atom. The largest absolute Gasteiger partial charge is 0.491 e. The van der Waals surface area contributed by atoms with Crippen LogP contribution >= 0.6 is 0 Å². The summed E-state index contributed by atoms with van der Waals surface area (Å²) >= 11 is 0. The molecule has 1 aliphatic rings. The molecule has 0 radical (unpaired) electrons. The molecule has 1 saturated heterocycles. The first kappa shape index (κ1) is 12.2. The number of hydrogen-bond acceptors (Lipinski definition) is 2. The molecule has 1 aromatic rings. The van der Waals surface area contributed by atoms with Crippen LogP contribution in [-0.4, -0.2) is 13.7 Å². The van der Waals surface area contributed by atoms with Gasteiger partial charge in [-0.2, -0.15) is 4.39 Å². The molecule has 0 amide bonds. The standard InChI is InChI=1S/C12H14F3NO/c1-17-12-10(14)7(6-8(13)11(12)15)9-4-2-3-5-16-9/h6,9,16H,2-5H2,1H3. The fraction of sp³-hybridized carbons (Fsp3) is 0.500. The zero-order valence-corrected chi connectivity index (χ0v) is 9.53. The molecule has 2 nitrogen and oxygen atoms in total. The molecule has 0 aliphatic carbocycles. The molecule has 1 aliphatic heterocycles. The third-order valence-corrected chi connectivity index (χ3v) is 3.03. The SMILES string of the molecule is COc1c(F)c(F)cc(C2CCCCN2)c1F. The highest BCUT2D eigenvalue weighted by Crippen LogP contribution is 2.33. The van der Waals surface area contributed by atoms with E-state index in [4.69, 9.17) is 0 Å². The van der Waals surface area contributed by atoms with Gasteiger partial charge in [0.15, 0.2) is 17.4 Å². The number of nitrogens with one attached hydrogen (secondary N) is 1. The van der Waals surface area contributed by atoms with Gasteiger partial charge in [0, 0.05) is 11.6 Å². The summed E-state index contributed by atoms with van der Waals surface area (Å²) in [5, 5.41) is 3.09. The van der Waals surface area contributed by atoms with Gasteiger partial charge in [-0.3, -0.25) is 0 Å². The number of hydrogen-bond donors (Lipinski definition) is 1. The second kappa shape index (κ2) is 4.96. The first-order valence-electron chi connectivity index (χ1n) is 5.60. The van der Waals surface area contributed by atoms with E-state index in [1.165, 1.54) is 0 Å². The minimum absolute atomic E-state index is 0.139. The summed E-state index contributed by atoms with van der Waals surface area (Å²) in [7, 11) is 1.12. The lowest BCUT2D eigenvalue weighted by Crippen LogP contribution is -2.27. The Labute approximate surface area is 97.8 Å². The molecule has 1 unspecified atom stereocenters. The second-order valence-electron chi connectivity index (χ2n) is 4.11. The molecule has 17 heavy (non-hydrogen) atoms. The van der Waals surface area contributed by atoms with Crippen LogP contribution in [0.4, 0.5) is 13.2 Å². The summed E-state index contributed by atoms with van der Waals surface area (Å²) in [4.78, 5) is 0. The minimum atomic E-state index is -1.27. The number of ether oxygens (including phenoxy) is 1. The molecule has 1 N–H and O–H groups in total. The maximum atomic E-state index is 13.9. The van der Waals surface area contributed by atoms with Gasteiger partial charge in [0.05, 0.1) is 7.11 Å². The summed E-state index contributed by atoms with van der Waals surface area (Å²) in [6.45, 7) is 0.755. The van der Waals surface area contributed by atoms with Crippen molar-refractivity contribution in [2.45, 2.75) is 25.3 Å². The van der Waals surface area contributed by atoms with Crippen molar-refractivity contribution in [2.24, 2.45) is 0 Å². The predicted molar refractivity (Wildman–Crippen MR) is 57.5 cm³/mol. The first-order valence-corrected chi connectivity index (χ1v) is 5.60. The van der Waals surface area contributed by atoms with Crippen LogP contribution in [0.5, 0.6) is 5.75 Å². The number of halogens is 3. The maximum Gasteiger partial charge on any atom is 0.203 e. The molecule has 94 valence electrons. The van der Waals surface area contributed by atoms with Gasteiger partial charge in [0.1, 0.15) is 0 Å². The molecule has 1 fully saturated rings. The minimum Gasteiger partial charge on any atom is -0.491 e. The molecule has 0 bridgehead atoms. The van der Waals surface area contributed by atoms with Crippen molar-refractivity contribution in [1.82, 2.24) is 5.32 Å². The Balaban J connectivity index is 2.42.